The fraction of sp³-hybridized carbons (Fsp3) is 0.357. The molecular formula is C14H20N4O2S. The van der Waals surface area contributed by atoms with E-state index in [-0.39, 0.29) is 12.3 Å². The van der Waals surface area contributed by atoms with Crippen LogP contribution in [0.25, 0.3) is 0 Å². The van der Waals surface area contributed by atoms with Crippen LogP contribution in [0.4, 0.5) is 0 Å². The molecule has 0 saturated heterocycles. The van der Waals surface area contributed by atoms with E-state index in [1.54, 1.807) is 10.7 Å². The Morgan fingerprint density at radius 1 is 1.24 bits per heavy atom. The van der Waals surface area contributed by atoms with Gasteiger partial charge in [-0.2, -0.15) is 5.10 Å². The van der Waals surface area contributed by atoms with Crippen molar-refractivity contribution in [3.63, 3.8) is 0 Å². The molecule has 0 aliphatic heterocycles. The number of nitrogens with one attached hydrogen (secondary N) is 1. The Labute approximate surface area is 125 Å². The van der Waals surface area contributed by atoms with Gasteiger partial charge in [-0.3, -0.25) is 4.68 Å². The van der Waals surface area contributed by atoms with Gasteiger partial charge in [0.25, 0.3) is 0 Å². The maximum Gasteiger partial charge on any atom is 0.216 e. The molecule has 0 aliphatic carbocycles. The monoisotopic (exact) mass is 308 g/mol. The first kappa shape index (κ1) is 15.7. The van der Waals surface area contributed by atoms with Crippen LogP contribution in [0.2, 0.25) is 0 Å². The van der Waals surface area contributed by atoms with E-state index < -0.39 is 10.0 Å². The largest absolute Gasteiger partial charge is 0.326 e. The van der Waals surface area contributed by atoms with Crippen LogP contribution in [-0.2, 0) is 35.9 Å². The van der Waals surface area contributed by atoms with E-state index in [0.29, 0.717) is 6.54 Å². The first-order chi connectivity index (χ1) is 9.91. The van der Waals surface area contributed by atoms with Gasteiger partial charge in [0.15, 0.2) is 0 Å². The van der Waals surface area contributed by atoms with Gasteiger partial charge in [0.1, 0.15) is 0 Å². The van der Waals surface area contributed by atoms with Crippen molar-refractivity contribution in [2.24, 2.45) is 12.8 Å². The van der Waals surface area contributed by atoms with Crippen LogP contribution in [0.5, 0.6) is 0 Å². The van der Waals surface area contributed by atoms with Gasteiger partial charge >= 0.3 is 0 Å². The molecule has 0 atom stereocenters. The number of benzene rings is 1. The Balaban J connectivity index is 2.07. The quantitative estimate of drug-likeness (QED) is 0.826. The fourth-order valence-electron chi connectivity index (χ4n) is 2.16. The average molecular weight is 308 g/mol. The summed E-state index contributed by atoms with van der Waals surface area (Å²) in [4.78, 5) is 0. The highest BCUT2D eigenvalue weighted by atomic mass is 32.2. The third kappa shape index (κ3) is 4.13. The van der Waals surface area contributed by atoms with Gasteiger partial charge in [0.05, 0.1) is 11.4 Å². The molecule has 0 bridgehead atoms. The smallest absolute Gasteiger partial charge is 0.216 e. The Hall–Kier alpha value is -1.70. The normalized spacial score (nSPS) is 11.8. The van der Waals surface area contributed by atoms with Crippen LogP contribution in [-0.4, -0.2) is 18.2 Å². The topological polar surface area (TPSA) is 90.0 Å². The number of rotatable bonds is 6. The van der Waals surface area contributed by atoms with Gasteiger partial charge in [0.2, 0.25) is 10.0 Å². The SMILES string of the molecule is Cc1nn(C)cc1CNS(=O)(=O)Cc1ccccc1CN. The summed E-state index contributed by atoms with van der Waals surface area (Å²) in [5, 5.41) is 4.19. The predicted octanol–water partition coefficient (Wildman–Crippen LogP) is 0.807. The molecule has 7 heteroatoms. The lowest BCUT2D eigenvalue weighted by atomic mass is 10.1. The second-order valence-corrected chi connectivity index (χ2v) is 6.77. The van der Waals surface area contributed by atoms with Crippen LogP contribution in [0.3, 0.4) is 0 Å². The highest BCUT2D eigenvalue weighted by Gasteiger charge is 2.14. The van der Waals surface area contributed by atoms with Crippen molar-refractivity contribution in [2.45, 2.75) is 25.8 Å². The summed E-state index contributed by atoms with van der Waals surface area (Å²) in [6, 6.07) is 7.30. The molecule has 0 amide bonds. The van der Waals surface area contributed by atoms with Crippen molar-refractivity contribution < 1.29 is 8.42 Å². The molecular weight excluding hydrogens is 288 g/mol. The first-order valence-corrected chi connectivity index (χ1v) is 8.30. The molecule has 6 nitrogen and oxygen atoms in total. The lowest BCUT2D eigenvalue weighted by molar-refractivity contribution is 0.580. The predicted molar refractivity (Wildman–Crippen MR) is 81.7 cm³/mol. The Morgan fingerprint density at radius 2 is 1.90 bits per heavy atom. The molecule has 114 valence electrons. The van der Waals surface area contributed by atoms with Crippen molar-refractivity contribution in [3.8, 4) is 0 Å². The number of aromatic nitrogens is 2. The molecule has 21 heavy (non-hydrogen) atoms. The molecule has 0 spiro atoms. The summed E-state index contributed by atoms with van der Waals surface area (Å²) in [7, 11) is -1.61. The summed E-state index contributed by atoms with van der Waals surface area (Å²) >= 11 is 0. The highest BCUT2D eigenvalue weighted by molar-refractivity contribution is 7.88. The van der Waals surface area contributed by atoms with Crippen molar-refractivity contribution in [1.82, 2.24) is 14.5 Å². The molecule has 1 aromatic heterocycles. The lowest BCUT2D eigenvalue weighted by Gasteiger charge is -2.09. The van der Waals surface area contributed by atoms with Crippen molar-refractivity contribution in [3.05, 3.63) is 52.8 Å². The fourth-order valence-corrected chi connectivity index (χ4v) is 3.33. The van der Waals surface area contributed by atoms with E-state index in [0.717, 1.165) is 22.4 Å². The van der Waals surface area contributed by atoms with Crippen LogP contribution in [0, 0.1) is 6.92 Å². The Morgan fingerprint density at radius 3 is 2.48 bits per heavy atom. The van der Waals surface area contributed by atoms with E-state index >= 15 is 0 Å². The van der Waals surface area contributed by atoms with Gasteiger partial charge in [-0.05, 0) is 18.1 Å². The van der Waals surface area contributed by atoms with E-state index in [1.165, 1.54) is 0 Å². The molecule has 0 aliphatic rings. The van der Waals surface area contributed by atoms with E-state index in [1.807, 2.05) is 38.4 Å². The van der Waals surface area contributed by atoms with Crippen molar-refractivity contribution in [1.29, 1.82) is 0 Å². The maximum absolute atomic E-state index is 12.2. The van der Waals surface area contributed by atoms with E-state index in [2.05, 4.69) is 9.82 Å². The molecule has 0 saturated carbocycles. The standard InChI is InChI=1S/C14H20N4O2S/c1-11-14(9-18(2)17-11)8-16-21(19,20)10-13-6-4-3-5-12(13)7-15/h3-6,9,16H,7-8,10,15H2,1-2H3. The summed E-state index contributed by atoms with van der Waals surface area (Å²) in [5.41, 5.74) is 8.90. The summed E-state index contributed by atoms with van der Waals surface area (Å²) in [6.07, 6.45) is 1.81. The third-order valence-corrected chi connectivity index (χ3v) is 4.56. The molecule has 2 aromatic rings. The minimum atomic E-state index is -3.42. The minimum absolute atomic E-state index is 0.0698. The molecule has 0 unspecified atom stereocenters. The summed E-state index contributed by atoms with van der Waals surface area (Å²) < 4.78 is 28.6. The summed E-state index contributed by atoms with van der Waals surface area (Å²) in [5.74, 6) is -0.0698. The number of sulfonamides is 1. The van der Waals surface area contributed by atoms with Crippen LogP contribution in [0.15, 0.2) is 30.5 Å². The Kier molecular flexibility index (Phi) is 4.76. The number of hydrogen-bond acceptors (Lipinski definition) is 4. The van der Waals surface area contributed by atoms with E-state index in [4.69, 9.17) is 5.73 Å². The van der Waals surface area contributed by atoms with Gasteiger partial charge in [-0.25, -0.2) is 13.1 Å². The molecule has 0 fully saturated rings. The zero-order valence-corrected chi connectivity index (χ0v) is 13.0. The average Bonchev–Trinajstić information content (AvgIpc) is 2.75. The minimum Gasteiger partial charge on any atom is -0.326 e. The number of nitrogens with two attached hydrogens (primary N) is 1. The molecule has 3 N–H and O–H groups in total. The van der Waals surface area contributed by atoms with Gasteiger partial charge in [0, 0.05) is 31.9 Å². The van der Waals surface area contributed by atoms with Gasteiger partial charge < -0.3 is 5.73 Å². The number of hydrogen-bond donors (Lipinski definition) is 2. The molecule has 2 rings (SSSR count). The first-order valence-electron chi connectivity index (χ1n) is 6.64. The molecule has 1 heterocycles. The third-order valence-electron chi connectivity index (χ3n) is 3.28. The van der Waals surface area contributed by atoms with Crippen molar-refractivity contribution in [2.75, 3.05) is 0 Å². The molecule has 1 aromatic carbocycles. The number of nitrogens with zero attached hydrogens (tertiary/aromatic N) is 2. The zero-order chi connectivity index (χ0) is 15.5. The number of aryl methyl sites for hydroxylation is 2. The second-order valence-electron chi connectivity index (χ2n) is 4.97. The lowest BCUT2D eigenvalue weighted by Crippen LogP contribution is -2.25. The van der Waals surface area contributed by atoms with Crippen molar-refractivity contribution >= 4 is 10.0 Å². The Bertz CT molecular complexity index is 722. The van der Waals surface area contributed by atoms with E-state index in [9.17, 15) is 8.42 Å². The zero-order valence-electron chi connectivity index (χ0n) is 12.2. The highest BCUT2D eigenvalue weighted by Crippen LogP contribution is 2.12. The second kappa shape index (κ2) is 6.38. The molecule has 0 radical (unpaired) electrons. The maximum atomic E-state index is 12.2. The van der Waals surface area contributed by atoms with Crippen LogP contribution in [0.1, 0.15) is 22.4 Å². The van der Waals surface area contributed by atoms with Gasteiger partial charge in [-0.1, -0.05) is 24.3 Å². The van der Waals surface area contributed by atoms with Gasteiger partial charge in [-0.15, -0.1) is 0 Å². The van der Waals surface area contributed by atoms with Crippen LogP contribution >= 0.6 is 0 Å². The van der Waals surface area contributed by atoms with Crippen LogP contribution < -0.4 is 10.5 Å². The summed E-state index contributed by atoms with van der Waals surface area (Å²) in [6.45, 7) is 2.42.